The number of hydrogen-bond acceptors (Lipinski definition) is 1. The van der Waals surface area contributed by atoms with Gasteiger partial charge in [0.1, 0.15) is 0 Å². The maximum absolute atomic E-state index is 10.9. The van der Waals surface area contributed by atoms with Crippen molar-refractivity contribution >= 4 is 0 Å². The second-order valence-electron chi connectivity index (χ2n) is 6.28. The number of aryl methyl sites for hydroxylation is 1. The molecule has 0 bridgehead atoms. The van der Waals surface area contributed by atoms with E-state index in [0.717, 1.165) is 16.7 Å². The summed E-state index contributed by atoms with van der Waals surface area (Å²) in [6.45, 7) is 2.06. The first kappa shape index (κ1) is 17.0. The molecule has 0 radical (unpaired) electrons. The summed E-state index contributed by atoms with van der Waals surface area (Å²) >= 11 is 0. The van der Waals surface area contributed by atoms with Crippen LogP contribution in [0.2, 0.25) is 0 Å². The molecule has 0 saturated heterocycles. The molecule has 1 nitrogen and oxygen atoms in total. The fourth-order valence-corrected chi connectivity index (χ4v) is 2.83. The first-order valence-corrected chi connectivity index (χ1v) is 8.57. The third-order valence-electron chi connectivity index (χ3n) is 4.25. The predicted octanol–water partition coefficient (Wildman–Crippen LogP) is 4.73. The van der Waals surface area contributed by atoms with Crippen molar-refractivity contribution in [3.8, 4) is 11.8 Å². The van der Waals surface area contributed by atoms with E-state index in [1.165, 1.54) is 5.56 Å². The van der Waals surface area contributed by atoms with Crippen molar-refractivity contribution in [1.29, 1.82) is 0 Å². The lowest BCUT2D eigenvalue weighted by Gasteiger charge is -2.19. The molecule has 0 amide bonds. The number of aliphatic hydroxyl groups is 1. The van der Waals surface area contributed by atoms with Gasteiger partial charge in [-0.05, 0) is 36.6 Å². The van der Waals surface area contributed by atoms with E-state index in [2.05, 4.69) is 43.0 Å². The van der Waals surface area contributed by atoms with Gasteiger partial charge in [-0.1, -0.05) is 90.2 Å². The van der Waals surface area contributed by atoms with E-state index in [1.54, 1.807) is 0 Å². The van der Waals surface area contributed by atoms with E-state index in [-0.39, 0.29) is 5.92 Å². The van der Waals surface area contributed by atoms with Gasteiger partial charge in [-0.3, -0.25) is 0 Å². The Hall–Kier alpha value is -2.82. The van der Waals surface area contributed by atoms with Crippen LogP contribution >= 0.6 is 0 Å². The highest BCUT2D eigenvalue weighted by molar-refractivity contribution is 5.39. The Kier molecular flexibility index (Phi) is 5.67. The average molecular weight is 326 g/mol. The van der Waals surface area contributed by atoms with E-state index in [1.807, 2.05) is 60.7 Å². The van der Waals surface area contributed by atoms with Crippen molar-refractivity contribution in [1.82, 2.24) is 0 Å². The largest absolute Gasteiger partial charge is 0.391 e. The number of aliphatic hydroxyl groups excluding tert-OH is 1. The molecular formula is C24H22O. The number of benzene rings is 3. The Morgan fingerprint density at radius 2 is 1.40 bits per heavy atom. The lowest BCUT2D eigenvalue weighted by atomic mass is 9.89. The van der Waals surface area contributed by atoms with Crippen LogP contribution in [0, 0.1) is 18.8 Å². The molecule has 1 N–H and O–H groups in total. The molecule has 0 aromatic heterocycles. The molecule has 3 aromatic rings. The van der Waals surface area contributed by atoms with Crippen LogP contribution in [0.5, 0.6) is 0 Å². The standard InChI is InChI=1S/C24H22O/c1-19-12-15-22(16-13-19)23(17-14-20-8-4-2-5-9-20)24(25)18-21-10-6-3-7-11-21/h2-13,15-16,23-25H,18H2,1H3/t23?,24-/m1/s1. The van der Waals surface area contributed by atoms with Gasteiger partial charge in [-0.15, -0.1) is 0 Å². The lowest BCUT2D eigenvalue weighted by Crippen LogP contribution is -2.20. The first-order chi connectivity index (χ1) is 12.2. The Morgan fingerprint density at radius 1 is 0.800 bits per heavy atom. The van der Waals surface area contributed by atoms with Crippen molar-refractivity contribution in [2.24, 2.45) is 0 Å². The summed E-state index contributed by atoms with van der Waals surface area (Å²) in [4.78, 5) is 0. The molecule has 0 saturated carbocycles. The van der Waals surface area contributed by atoms with Crippen LogP contribution < -0.4 is 0 Å². The summed E-state index contributed by atoms with van der Waals surface area (Å²) in [5, 5.41) is 10.9. The van der Waals surface area contributed by atoms with Crippen LogP contribution in [0.1, 0.15) is 28.2 Å². The van der Waals surface area contributed by atoms with Gasteiger partial charge in [0.15, 0.2) is 0 Å². The molecule has 25 heavy (non-hydrogen) atoms. The normalized spacial score (nSPS) is 12.7. The van der Waals surface area contributed by atoms with Gasteiger partial charge >= 0.3 is 0 Å². The summed E-state index contributed by atoms with van der Waals surface area (Å²) in [6, 6.07) is 28.3. The highest BCUT2D eigenvalue weighted by atomic mass is 16.3. The van der Waals surface area contributed by atoms with Crippen LogP contribution in [-0.2, 0) is 6.42 Å². The number of rotatable bonds is 4. The Labute approximate surface area is 150 Å². The van der Waals surface area contributed by atoms with Crippen LogP contribution in [0.25, 0.3) is 0 Å². The quantitative estimate of drug-likeness (QED) is 0.687. The second kappa shape index (κ2) is 8.33. The second-order valence-corrected chi connectivity index (χ2v) is 6.28. The third kappa shape index (κ3) is 4.83. The topological polar surface area (TPSA) is 20.2 Å². The van der Waals surface area contributed by atoms with Gasteiger partial charge in [0.25, 0.3) is 0 Å². The maximum atomic E-state index is 10.9. The maximum Gasteiger partial charge on any atom is 0.0758 e. The Balaban J connectivity index is 1.88. The molecular weight excluding hydrogens is 304 g/mol. The number of hydrogen-bond donors (Lipinski definition) is 1. The fraction of sp³-hybridized carbons (Fsp3) is 0.167. The van der Waals surface area contributed by atoms with E-state index in [4.69, 9.17) is 0 Å². The van der Waals surface area contributed by atoms with Crippen LogP contribution in [0.4, 0.5) is 0 Å². The molecule has 0 aliphatic rings. The van der Waals surface area contributed by atoms with Crippen molar-refractivity contribution < 1.29 is 5.11 Å². The van der Waals surface area contributed by atoms with Gasteiger partial charge in [0.05, 0.1) is 12.0 Å². The van der Waals surface area contributed by atoms with Crippen molar-refractivity contribution in [2.45, 2.75) is 25.4 Å². The summed E-state index contributed by atoms with van der Waals surface area (Å²) in [5.74, 6) is 6.29. The smallest absolute Gasteiger partial charge is 0.0758 e. The van der Waals surface area contributed by atoms with Gasteiger partial charge in [0.2, 0.25) is 0 Å². The average Bonchev–Trinajstić information content (AvgIpc) is 2.65. The third-order valence-corrected chi connectivity index (χ3v) is 4.25. The molecule has 0 heterocycles. The van der Waals surface area contributed by atoms with E-state index in [9.17, 15) is 5.11 Å². The molecule has 2 atom stereocenters. The van der Waals surface area contributed by atoms with Crippen LogP contribution in [0.15, 0.2) is 84.9 Å². The zero-order chi connectivity index (χ0) is 17.5. The van der Waals surface area contributed by atoms with Crippen molar-refractivity contribution in [3.63, 3.8) is 0 Å². The molecule has 0 spiro atoms. The summed E-state index contributed by atoms with van der Waals surface area (Å²) in [7, 11) is 0. The molecule has 124 valence electrons. The molecule has 1 heteroatoms. The molecule has 3 rings (SSSR count). The van der Waals surface area contributed by atoms with E-state index < -0.39 is 6.10 Å². The van der Waals surface area contributed by atoms with E-state index in [0.29, 0.717) is 6.42 Å². The lowest BCUT2D eigenvalue weighted by molar-refractivity contribution is 0.162. The molecule has 3 aromatic carbocycles. The zero-order valence-electron chi connectivity index (χ0n) is 14.4. The minimum absolute atomic E-state index is 0.221. The van der Waals surface area contributed by atoms with E-state index >= 15 is 0 Å². The van der Waals surface area contributed by atoms with Gasteiger partial charge in [0, 0.05) is 5.56 Å². The van der Waals surface area contributed by atoms with Crippen molar-refractivity contribution in [2.75, 3.05) is 0 Å². The minimum atomic E-state index is -0.554. The minimum Gasteiger partial charge on any atom is -0.391 e. The van der Waals surface area contributed by atoms with Crippen LogP contribution in [0.3, 0.4) is 0 Å². The first-order valence-electron chi connectivity index (χ1n) is 8.57. The zero-order valence-corrected chi connectivity index (χ0v) is 14.4. The predicted molar refractivity (Wildman–Crippen MR) is 103 cm³/mol. The molecule has 0 fully saturated rings. The van der Waals surface area contributed by atoms with Crippen LogP contribution in [-0.4, -0.2) is 11.2 Å². The van der Waals surface area contributed by atoms with Crippen molar-refractivity contribution in [3.05, 3.63) is 107 Å². The monoisotopic (exact) mass is 326 g/mol. The van der Waals surface area contributed by atoms with Gasteiger partial charge in [-0.25, -0.2) is 0 Å². The van der Waals surface area contributed by atoms with Gasteiger partial charge < -0.3 is 5.11 Å². The highest BCUT2D eigenvalue weighted by Gasteiger charge is 2.19. The Bertz CT molecular complexity index is 839. The Morgan fingerprint density at radius 3 is 2.04 bits per heavy atom. The summed E-state index contributed by atoms with van der Waals surface area (Å²) in [6.07, 6.45) is 0.0318. The van der Waals surface area contributed by atoms with Gasteiger partial charge in [-0.2, -0.15) is 0 Å². The SMILES string of the molecule is Cc1ccc(C(C#Cc2ccccc2)[C@H](O)Cc2ccccc2)cc1. The molecule has 1 unspecified atom stereocenters. The summed E-state index contributed by atoms with van der Waals surface area (Å²) < 4.78 is 0. The molecule has 0 aliphatic heterocycles. The fourth-order valence-electron chi connectivity index (χ4n) is 2.83. The highest BCUT2D eigenvalue weighted by Crippen LogP contribution is 2.23. The molecule has 0 aliphatic carbocycles. The summed E-state index contributed by atoms with van der Waals surface area (Å²) in [5.41, 5.74) is 4.34.